The fourth-order valence-corrected chi connectivity index (χ4v) is 2.55. The number of hydrogen-bond acceptors (Lipinski definition) is 2. The summed E-state index contributed by atoms with van der Waals surface area (Å²) in [7, 11) is 0. The first-order chi connectivity index (χ1) is 7.35. The molecule has 1 fully saturated rings. The molecule has 0 aromatic carbocycles. The van der Waals surface area contributed by atoms with E-state index >= 15 is 0 Å². The molecule has 1 N–H and O–H groups in total. The largest absolute Gasteiger partial charge is 0.384 e. The van der Waals surface area contributed by atoms with Crippen molar-refractivity contribution in [1.82, 2.24) is 10.2 Å². The summed E-state index contributed by atoms with van der Waals surface area (Å²) in [5, 5.41) is 3.53. The van der Waals surface area contributed by atoms with Crippen LogP contribution in [0.1, 0.15) is 26.7 Å². The fourth-order valence-electron chi connectivity index (χ4n) is 2.55. The summed E-state index contributed by atoms with van der Waals surface area (Å²) in [6, 6.07) is 0. The lowest BCUT2D eigenvalue weighted by Crippen LogP contribution is -2.30. The van der Waals surface area contributed by atoms with Crippen molar-refractivity contribution >= 4 is 0 Å². The molecule has 1 heterocycles. The van der Waals surface area contributed by atoms with Gasteiger partial charge in [-0.15, -0.1) is 0 Å². The zero-order valence-electron chi connectivity index (χ0n) is 9.92. The molecule has 0 aromatic rings. The van der Waals surface area contributed by atoms with Gasteiger partial charge >= 0.3 is 0 Å². The van der Waals surface area contributed by atoms with Crippen molar-refractivity contribution < 1.29 is 0 Å². The first-order valence-electron chi connectivity index (χ1n) is 6.22. The van der Waals surface area contributed by atoms with Crippen LogP contribution in [0.2, 0.25) is 0 Å². The molecule has 1 aliphatic heterocycles. The predicted octanol–water partition coefficient (Wildman–Crippen LogP) is 2.15. The minimum atomic E-state index is 0.719. The summed E-state index contributed by atoms with van der Waals surface area (Å²) in [6.45, 7) is 9.17. The van der Waals surface area contributed by atoms with Crippen molar-refractivity contribution in [3.63, 3.8) is 0 Å². The van der Waals surface area contributed by atoms with Gasteiger partial charge in [0.15, 0.2) is 0 Å². The number of fused-ring (bicyclic) bond motifs is 1. The van der Waals surface area contributed by atoms with Gasteiger partial charge in [-0.1, -0.05) is 26.0 Å². The van der Waals surface area contributed by atoms with Crippen LogP contribution in [0.4, 0.5) is 0 Å². The van der Waals surface area contributed by atoms with E-state index in [1.54, 1.807) is 5.57 Å². The Balaban J connectivity index is 1.99. The number of hydrogen-bond donors (Lipinski definition) is 1. The molecule has 1 unspecified atom stereocenters. The quantitative estimate of drug-likeness (QED) is 0.758. The molecule has 0 saturated carbocycles. The van der Waals surface area contributed by atoms with Gasteiger partial charge in [-0.3, -0.25) is 0 Å². The van der Waals surface area contributed by atoms with Crippen molar-refractivity contribution in [2.75, 3.05) is 26.2 Å². The van der Waals surface area contributed by atoms with E-state index in [-0.39, 0.29) is 0 Å². The maximum atomic E-state index is 3.53. The van der Waals surface area contributed by atoms with Crippen LogP contribution in [0.15, 0.2) is 23.4 Å². The number of rotatable bonds is 4. The van der Waals surface area contributed by atoms with Gasteiger partial charge < -0.3 is 10.2 Å². The van der Waals surface area contributed by atoms with E-state index in [1.165, 1.54) is 38.2 Å². The zero-order chi connectivity index (χ0) is 10.7. The van der Waals surface area contributed by atoms with Gasteiger partial charge in [0.2, 0.25) is 0 Å². The molecule has 0 amide bonds. The van der Waals surface area contributed by atoms with Gasteiger partial charge in [-0.25, -0.2) is 0 Å². The number of allylic oxidation sites excluding steroid dienone is 3. The van der Waals surface area contributed by atoms with E-state index < -0.39 is 0 Å². The van der Waals surface area contributed by atoms with Gasteiger partial charge in [-0.2, -0.15) is 0 Å². The van der Waals surface area contributed by atoms with Crippen LogP contribution >= 0.6 is 0 Å². The molecule has 1 aliphatic carbocycles. The Morgan fingerprint density at radius 1 is 1.27 bits per heavy atom. The van der Waals surface area contributed by atoms with Crippen molar-refractivity contribution in [3.05, 3.63) is 23.4 Å². The minimum absolute atomic E-state index is 0.719. The Hall–Kier alpha value is -0.760. The SMILES string of the molecule is CCN(CC)CC1CNC2=CCCC=C21. The Labute approximate surface area is 93.0 Å². The Morgan fingerprint density at radius 2 is 2.00 bits per heavy atom. The third-order valence-electron chi connectivity index (χ3n) is 3.54. The highest BCUT2D eigenvalue weighted by molar-refractivity contribution is 5.38. The van der Waals surface area contributed by atoms with E-state index in [1.807, 2.05) is 0 Å². The van der Waals surface area contributed by atoms with Crippen molar-refractivity contribution in [1.29, 1.82) is 0 Å². The standard InChI is InChI=1S/C13H22N2/c1-3-15(4-2)10-11-9-14-13-8-6-5-7-12(11)13/h7-8,11,14H,3-6,9-10H2,1-2H3. The number of nitrogens with zero attached hydrogens (tertiary/aromatic N) is 1. The van der Waals surface area contributed by atoms with Gasteiger partial charge in [0.05, 0.1) is 0 Å². The third kappa shape index (κ3) is 2.25. The maximum Gasteiger partial charge on any atom is 0.0333 e. The van der Waals surface area contributed by atoms with Crippen LogP contribution in [0.5, 0.6) is 0 Å². The molecule has 0 radical (unpaired) electrons. The summed E-state index contributed by atoms with van der Waals surface area (Å²) in [4.78, 5) is 2.52. The monoisotopic (exact) mass is 206 g/mol. The second kappa shape index (κ2) is 4.84. The summed E-state index contributed by atoms with van der Waals surface area (Å²) >= 11 is 0. The molecule has 0 bridgehead atoms. The van der Waals surface area contributed by atoms with Crippen molar-refractivity contribution in [2.24, 2.45) is 5.92 Å². The minimum Gasteiger partial charge on any atom is -0.384 e. The van der Waals surface area contributed by atoms with Crippen molar-refractivity contribution in [3.8, 4) is 0 Å². The second-order valence-electron chi connectivity index (χ2n) is 4.42. The Kier molecular flexibility index (Phi) is 3.47. The highest BCUT2D eigenvalue weighted by Gasteiger charge is 2.26. The highest BCUT2D eigenvalue weighted by Crippen LogP contribution is 2.29. The molecule has 1 atom stereocenters. The van der Waals surface area contributed by atoms with E-state index in [2.05, 4.69) is 36.2 Å². The average Bonchev–Trinajstić information content (AvgIpc) is 2.69. The first-order valence-corrected chi connectivity index (χ1v) is 6.22. The average molecular weight is 206 g/mol. The van der Waals surface area contributed by atoms with Gasteiger partial charge in [-0.05, 0) is 31.5 Å². The summed E-state index contributed by atoms with van der Waals surface area (Å²) in [5.74, 6) is 0.719. The zero-order valence-corrected chi connectivity index (χ0v) is 9.92. The molecule has 2 nitrogen and oxygen atoms in total. The Morgan fingerprint density at radius 3 is 2.73 bits per heavy atom. The third-order valence-corrected chi connectivity index (χ3v) is 3.54. The topological polar surface area (TPSA) is 15.3 Å². The van der Waals surface area contributed by atoms with Crippen molar-refractivity contribution in [2.45, 2.75) is 26.7 Å². The lowest BCUT2D eigenvalue weighted by molar-refractivity contribution is 0.274. The van der Waals surface area contributed by atoms with Gasteiger partial charge in [0, 0.05) is 24.7 Å². The highest BCUT2D eigenvalue weighted by atomic mass is 15.1. The smallest absolute Gasteiger partial charge is 0.0333 e. The first kappa shape index (κ1) is 10.7. The molecule has 0 aromatic heterocycles. The summed E-state index contributed by atoms with van der Waals surface area (Å²) in [5.41, 5.74) is 2.99. The molecule has 2 heteroatoms. The molecule has 15 heavy (non-hydrogen) atoms. The Bertz CT molecular complexity index is 274. The lowest BCUT2D eigenvalue weighted by Gasteiger charge is -2.23. The number of nitrogens with one attached hydrogen (secondary N) is 1. The van der Waals surface area contributed by atoms with E-state index in [0.29, 0.717) is 0 Å². The van der Waals surface area contributed by atoms with Crippen LogP contribution in [-0.2, 0) is 0 Å². The molecule has 2 aliphatic rings. The van der Waals surface area contributed by atoms with Crippen LogP contribution in [0.3, 0.4) is 0 Å². The second-order valence-corrected chi connectivity index (χ2v) is 4.42. The molecular weight excluding hydrogens is 184 g/mol. The van der Waals surface area contributed by atoms with E-state index in [9.17, 15) is 0 Å². The van der Waals surface area contributed by atoms with Crippen LogP contribution in [0, 0.1) is 5.92 Å². The normalized spacial score (nSPS) is 24.6. The van der Waals surface area contributed by atoms with Gasteiger partial charge in [0.1, 0.15) is 0 Å². The van der Waals surface area contributed by atoms with Crippen LogP contribution in [-0.4, -0.2) is 31.1 Å². The molecule has 1 saturated heterocycles. The lowest BCUT2D eigenvalue weighted by atomic mass is 9.95. The predicted molar refractivity (Wildman–Crippen MR) is 64.7 cm³/mol. The van der Waals surface area contributed by atoms with Crippen LogP contribution < -0.4 is 5.32 Å². The molecule has 0 spiro atoms. The van der Waals surface area contributed by atoms with Crippen LogP contribution in [0.25, 0.3) is 0 Å². The van der Waals surface area contributed by atoms with E-state index in [4.69, 9.17) is 0 Å². The van der Waals surface area contributed by atoms with E-state index in [0.717, 1.165) is 12.5 Å². The fraction of sp³-hybridized carbons (Fsp3) is 0.692. The maximum absolute atomic E-state index is 3.53. The molecular formula is C13H22N2. The van der Waals surface area contributed by atoms with Gasteiger partial charge in [0.25, 0.3) is 0 Å². The molecule has 84 valence electrons. The molecule has 2 rings (SSSR count). The summed E-state index contributed by atoms with van der Waals surface area (Å²) in [6.07, 6.45) is 7.24. The summed E-state index contributed by atoms with van der Waals surface area (Å²) < 4.78 is 0.